The van der Waals surface area contributed by atoms with E-state index in [2.05, 4.69) is 15.1 Å². The van der Waals surface area contributed by atoms with E-state index in [1.54, 1.807) is 18.7 Å². The number of thiazole rings is 1. The fraction of sp³-hybridized carbons (Fsp3) is 0.346. The number of carbonyl (C=O) groups is 2. The number of rotatable bonds is 8. The van der Waals surface area contributed by atoms with E-state index in [9.17, 15) is 9.59 Å². The predicted octanol–water partition coefficient (Wildman–Crippen LogP) is 4.76. The van der Waals surface area contributed by atoms with Gasteiger partial charge in [0, 0.05) is 23.9 Å². The number of benzene rings is 1. The number of nitrogens with zero attached hydrogens (tertiary/aromatic N) is 5. The average molecular weight is 492 g/mol. The zero-order valence-corrected chi connectivity index (χ0v) is 21.5. The summed E-state index contributed by atoms with van der Waals surface area (Å²) < 4.78 is 6.99. The molecule has 0 atom stereocenters. The molecule has 4 aromatic rings. The summed E-state index contributed by atoms with van der Waals surface area (Å²) in [7, 11) is 0. The quantitative estimate of drug-likeness (QED) is 0.330. The molecule has 0 saturated carbocycles. The van der Waals surface area contributed by atoms with E-state index in [1.807, 2.05) is 61.7 Å². The van der Waals surface area contributed by atoms with Gasteiger partial charge in [-0.05, 0) is 52.2 Å². The molecule has 8 nitrogen and oxygen atoms in total. The van der Waals surface area contributed by atoms with Crippen molar-refractivity contribution in [3.63, 3.8) is 0 Å². The molecule has 0 saturated heterocycles. The van der Waals surface area contributed by atoms with E-state index in [1.165, 1.54) is 11.3 Å². The molecule has 0 aliphatic carbocycles. The monoisotopic (exact) mass is 491 g/mol. The van der Waals surface area contributed by atoms with E-state index in [4.69, 9.17) is 4.74 Å². The molecule has 182 valence electrons. The van der Waals surface area contributed by atoms with Gasteiger partial charge in [0.25, 0.3) is 0 Å². The fourth-order valence-corrected chi connectivity index (χ4v) is 5.06. The van der Waals surface area contributed by atoms with Crippen LogP contribution in [0.15, 0.2) is 36.4 Å². The number of aromatic nitrogens is 4. The molecule has 0 radical (unpaired) electrons. The summed E-state index contributed by atoms with van der Waals surface area (Å²) in [5.74, 6) is -0.491. The number of fused-ring (bicyclic) bond motifs is 1. The molecule has 0 aliphatic heterocycles. The molecule has 3 aromatic heterocycles. The maximum Gasteiger partial charge on any atom is 0.350 e. The van der Waals surface area contributed by atoms with Crippen molar-refractivity contribution in [1.29, 1.82) is 0 Å². The van der Waals surface area contributed by atoms with Crippen LogP contribution in [0, 0.1) is 27.7 Å². The van der Waals surface area contributed by atoms with Crippen molar-refractivity contribution in [2.75, 3.05) is 11.5 Å². The molecule has 3 heterocycles. The van der Waals surface area contributed by atoms with Crippen LogP contribution in [0.1, 0.15) is 56.9 Å². The van der Waals surface area contributed by atoms with Gasteiger partial charge < -0.3 is 4.74 Å². The molecule has 1 amide bonds. The summed E-state index contributed by atoms with van der Waals surface area (Å²) in [6.07, 6.45) is 0.800. The average Bonchev–Trinajstić information content (AvgIpc) is 3.40. The number of amides is 1. The molecule has 0 spiro atoms. The summed E-state index contributed by atoms with van der Waals surface area (Å²) in [5, 5.41) is 5.02. The number of anilines is 1. The molecule has 1 aromatic carbocycles. The maximum atomic E-state index is 13.6. The van der Waals surface area contributed by atoms with Gasteiger partial charge in [-0.15, -0.1) is 0 Å². The molecular formula is C26H29N5O3S. The van der Waals surface area contributed by atoms with E-state index < -0.39 is 5.97 Å². The zero-order valence-electron chi connectivity index (χ0n) is 20.7. The second kappa shape index (κ2) is 10.4. The normalized spacial score (nSPS) is 11.1. The maximum absolute atomic E-state index is 13.6. The summed E-state index contributed by atoms with van der Waals surface area (Å²) in [6, 6.07) is 11.7. The Bertz CT molecular complexity index is 1380. The third-order valence-electron chi connectivity index (χ3n) is 5.84. The number of ether oxygens (including phenoxy) is 1. The molecule has 0 aliphatic rings. The topological polar surface area (TPSA) is 89.7 Å². The highest BCUT2D eigenvalue weighted by Crippen LogP contribution is 2.29. The summed E-state index contributed by atoms with van der Waals surface area (Å²) in [4.78, 5) is 37.2. The van der Waals surface area contributed by atoms with E-state index >= 15 is 0 Å². The van der Waals surface area contributed by atoms with Crippen LogP contribution in [0.2, 0.25) is 0 Å². The minimum absolute atomic E-state index is 0.0754. The predicted molar refractivity (Wildman–Crippen MR) is 136 cm³/mol. The van der Waals surface area contributed by atoms with Gasteiger partial charge in [0.05, 0.1) is 24.5 Å². The SMILES string of the molecule is CCOC(=O)c1sc(N(Cc2ccccc2)C(=O)CCc2c(C)nc3cc(C)nn3c2C)nc1C. The lowest BCUT2D eigenvalue weighted by molar-refractivity contribution is -0.118. The largest absolute Gasteiger partial charge is 0.462 e. The first kappa shape index (κ1) is 24.5. The Morgan fingerprint density at radius 1 is 1.06 bits per heavy atom. The Morgan fingerprint density at radius 2 is 1.80 bits per heavy atom. The number of esters is 1. The zero-order chi connectivity index (χ0) is 25.1. The van der Waals surface area contributed by atoms with Crippen molar-refractivity contribution in [3.8, 4) is 0 Å². The first-order valence-electron chi connectivity index (χ1n) is 11.6. The van der Waals surface area contributed by atoms with E-state index in [-0.39, 0.29) is 18.9 Å². The Kier molecular flexibility index (Phi) is 7.25. The number of carbonyl (C=O) groups excluding carboxylic acids is 2. The van der Waals surface area contributed by atoms with Gasteiger partial charge in [-0.1, -0.05) is 41.7 Å². The lowest BCUT2D eigenvalue weighted by Crippen LogP contribution is -2.30. The molecule has 0 bridgehead atoms. The van der Waals surface area contributed by atoms with Gasteiger partial charge in [0.1, 0.15) is 4.88 Å². The van der Waals surface area contributed by atoms with Crippen LogP contribution in [-0.2, 0) is 22.5 Å². The standard InChI is InChI=1S/C26H29N5O3S/c1-6-34-25(33)24-18(4)28-26(35-24)30(15-20-10-8-7-9-11-20)23(32)13-12-21-17(3)27-22-14-16(2)29-31(22)19(21)5/h7-11,14H,6,12-13,15H2,1-5H3. The Labute approximate surface area is 208 Å². The van der Waals surface area contributed by atoms with Crippen LogP contribution in [-0.4, -0.2) is 38.1 Å². The first-order valence-corrected chi connectivity index (χ1v) is 12.4. The summed E-state index contributed by atoms with van der Waals surface area (Å²) in [6.45, 7) is 10.1. The van der Waals surface area contributed by atoms with E-state index in [0.29, 0.717) is 28.7 Å². The lowest BCUT2D eigenvalue weighted by Gasteiger charge is -2.21. The Morgan fingerprint density at radius 3 is 2.51 bits per heavy atom. The smallest absolute Gasteiger partial charge is 0.350 e. The molecule has 0 fully saturated rings. The van der Waals surface area contributed by atoms with Gasteiger partial charge in [0.15, 0.2) is 10.8 Å². The molecular weight excluding hydrogens is 462 g/mol. The van der Waals surface area contributed by atoms with Crippen molar-refractivity contribution < 1.29 is 14.3 Å². The first-order chi connectivity index (χ1) is 16.8. The second-order valence-electron chi connectivity index (χ2n) is 8.41. The highest BCUT2D eigenvalue weighted by Gasteiger charge is 2.25. The van der Waals surface area contributed by atoms with Crippen LogP contribution in [0.3, 0.4) is 0 Å². The van der Waals surface area contributed by atoms with Gasteiger partial charge in [-0.3, -0.25) is 9.69 Å². The van der Waals surface area contributed by atoms with Crippen molar-refractivity contribution in [2.24, 2.45) is 0 Å². The molecule has 9 heteroatoms. The van der Waals surface area contributed by atoms with Crippen molar-refractivity contribution >= 4 is 34.0 Å². The minimum Gasteiger partial charge on any atom is -0.462 e. The minimum atomic E-state index is -0.416. The van der Waals surface area contributed by atoms with Crippen molar-refractivity contribution in [3.05, 3.63) is 75.2 Å². The Balaban J connectivity index is 1.62. The van der Waals surface area contributed by atoms with Gasteiger partial charge in [0.2, 0.25) is 5.91 Å². The van der Waals surface area contributed by atoms with Crippen molar-refractivity contribution in [2.45, 2.75) is 54.0 Å². The lowest BCUT2D eigenvalue weighted by atomic mass is 10.1. The molecule has 4 rings (SSSR count). The number of hydrogen-bond acceptors (Lipinski definition) is 7. The van der Waals surface area contributed by atoms with Gasteiger partial charge >= 0.3 is 5.97 Å². The highest BCUT2D eigenvalue weighted by atomic mass is 32.1. The van der Waals surface area contributed by atoms with E-state index in [0.717, 1.165) is 33.9 Å². The van der Waals surface area contributed by atoms with Crippen LogP contribution in [0.25, 0.3) is 5.65 Å². The van der Waals surface area contributed by atoms with Crippen LogP contribution in [0.4, 0.5) is 5.13 Å². The number of hydrogen-bond donors (Lipinski definition) is 0. The summed E-state index contributed by atoms with van der Waals surface area (Å²) >= 11 is 1.19. The molecule has 0 N–H and O–H groups in total. The summed E-state index contributed by atoms with van der Waals surface area (Å²) in [5.41, 5.74) is 6.14. The van der Waals surface area contributed by atoms with Gasteiger partial charge in [-0.2, -0.15) is 5.10 Å². The highest BCUT2D eigenvalue weighted by molar-refractivity contribution is 7.17. The molecule has 0 unspecified atom stereocenters. The van der Waals surface area contributed by atoms with Crippen LogP contribution >= 0.6 is 11.3 Å². The van der Waals surface area contributed by atoms with Crippen molar-refractivity contribution in [1.82, 2.24) is 19.6 Å². The third kappa shape index (κ3) is 5.24. The van der Waals surface area contributed by atoms with Gasteiger partial charge in [-0.25, -0.2) is 19.3 Å². The molecule has 35 heavy (non-hydrogen) atoms. The Hall–Kier alpha value is -3.59. The fourth-order valence-electron chi connectivity index (χ4n) is 4.08. The van der Waals surface area contributed by atoms with Crippen LogP contribution in [0.5, 0.6) is 0 Å². The number of aryl methyl sites for hydroxylation is 4. The third-order valence-corrected chi connectivity index (χ3v) is 7.00. The second-order valence-corrected chi connectivity index (χ2v) is 9.39. The van der Waals surface area contributed by atoms with Crippen LogP contribution < -0.4 is 4.90 Å².